The smallest absolute Gasteiger partial charge is 0.372 e. The molecule has 27 heavy (non-hydrogen) atoms. The Labute approximate surface area is 158 Å². The van der Waals surface area contributed by atoms with E-state index in [9.17, 15) is 18.3 Å². The predicted octanol–water partition coefficient (Wildman–Crippen LogP) is 4.04. The largest absolute Gasteiger partial charge is 0.475 e. The molecule has 0 aliphatic carbocycles. The number of nitrogens with zero attached hydrogens (tertiary/aromatic N) is 1. The van der Waals surface area contributed by atoms with Crippen molar-refractivity contribution in [3.8, 4) is 0 Å². The molecule has 1 heterocycles. The molecule has 6 nitrogen and oxygen atoms in total. The van der Waals surface area contributed by atoms with Gasteiger partial charge in [0.05, 0.1) is 4.90 Å². The van der Waals surface area contributed by atoms with Crippen LogP contribution in [0.15, 0.2) is 57.8 Å². The van der Waals surface area contributed by atoms with Gasteiger partial charge in [-0.1, -0.05) is 30.3 Å². The van der Waals surface area contributed by atoms with Crippen molar-refractivity contribution in [3.63, 3.8) is 0 Å². The van der Waals surface area contributed by atoms with Gasteiger partial charge in [-0.25, -0.2) is 13.2 Å². The van der Waals surface area contributed by atoms with Crippen LogP contribution in [0, 0.1) is 6.92 Å². The van der Waals surface area contributed by atoms with Gasteiger partial charge in [-0.15, -0.1) is 0 Å². The molecule has 0 spiro atoms. The van der Waals surface area contributed by atoms with Gasteiger partial charge in [0.25, 0.3) is 0 Å². The quantitative estimate of drug-likeness (QED) is 0.690. The molecule has 0 unspecified atom stereocenters. The summed E-state index contributed by atoms with van der Waals surface area (Å²) in [4.78, 5) is 11.4. The maximum atomic E-state index is 13.3. The number of carboxylic acids is 1. The van der Waals surface area contributed by atoms with E-state index in [-0.39, 0.29) is 23.2 Å². The number of sulfonamides is 1. The third-order valence-electron chi connectivity index (χ3n) is 4.47. The Morgan fingerprint density at radius 3 is 2.41 bits per heavy atom. The molecule has 142 valence electrons. The second kappa shape index (κ2) is 7.17. The van der Waals surface area contributed by atoms with Gasteiger partial charge >= 0.3 is 5.97 Å². The minimum Gasteiger partial charge on any atom is -0.475 e. The van der Waals surface area contributed by atoms with E-state index < -0.39 is 16.0 Å². The van der Waals surface area contributed by atoms with E-state index in [4.69, 9.17) is 4.42 Å². The van der Waals surface area contributed by atoms with Crippen LogP contribution >= 0.6 is 0 Å². The number of hydrogen-bond acceptors (Lipinski definition) is 4. The second-order valence-electron chi connectivity index (χ2n) is 6.65. The number of rotatable bonds is 6. The highest BCUT2D eigenvalue weighted by molar-refractivity contribution is 7.89. The zero-order valence-corrected chi connectivity index (χ0v) is 16.2. The minimum absolute atomic E-state index is 0.112. The number of aryl methyl sites for hydroxylation is 1. The van der Waals surface area contributed by atoms with E-state index in [1.165, 1.54) is 22.5 Å². The van der Waals surface area contributed by atoms with Crippen molar-refractivity contribution < 1.29 is 22.7 Å². The average molecular weight is 387 g/mol. The number of aromatic carboxylic acids is 1. The first kappa shape index (κ1) is 19.1. The van der Waals surface area contributed by atoms with Crippen LogP contribution in [0.25, 0.3) is 11.0 Å². The average Bonchev–Trinajstić information content (AvgIpc) is 2.97. The number of fused-ring (bicyclic) bond motifs is 1. The zero-order chi connectivity index (χ0) is 19.8. The lowest BCUT2D eigenvalue weighted by Crippen LogP contribution is -2.36. The number of furan rings is 1. The number of carboxylic acid groups (broad SMARTS) is 1. The fraction of sp³-hybridized carbons (Fsp3) is 0.250. The summed E-state index contributed by atoms with van der Waals surface area (Å²) < 4.78 is 33.3. The predicted molar refractivity (Wildman–Crippen MR) is 102 cm³/mol. The van der Waals surface area contributed by atoms with Crippen LogP contribution < -0.4 is 0 Å². The summed E-state index contributed by atoms with van der Waals surface area (Å²) in [6.07, 6.45) is 0. The van der Waals surface area contributed by atoms with Crippen molar-refractivity contribution in [2.24, 2.45) is 0 Å². The molecule has 0 amide bonds. The Hall–Kier alpha value is -2.64. The van der Waals surface area contributed by atoms with E-state index in [1.54, 1.807) is 6.92 Å². The third-order valence-corrected chi connectivity index (χ3v) is 6.48. The molecular weight excluding hydrogens is 366 g/mol. The summed E-state index contributed by atoms with van der Waals surface area (Å²) in [5.41, 5.74) is 1.65. The minimum atomic E-state index is -3.77. The van der Waals surface area contributed by atoms with Gasteiger partial charge in [-0.3, -0.25) is 0 Å². The normalized spacial score (nSPS) is 12.2. The van der Waals surface area contributed by atoms with Gasteiger partial charge in [0.1, 0.15) is 5.58 Å². The molecule has 1 N–H and O–H groups in total. The lowest BCUT2D eigenvalue weighted by Gasteiger charge is -2.26. The Bertz CT molecular complexity index is 1080. The summed E-state index contributed by atoms with van der Waals surface area (Å²) in [7, 11) is -3.77. The highest BCUT2D eigenvalue weighted by atomic mass is 32.2. The van der Waals surface area contributed by atoms with Crippen LogP contribution in [0.5, 0.6) is 0 Å². The van der Waals surface area contributed by atoms with Gasteiger partial charge in [0.15, 0.2) is 0 Å². The standard InChI is InChI=1S/C20H21NO5S/c1-13(2)21(12-15-7-5-4-6-8-15)27(24,25)16-9-10-18-17(11-16)14(3)19(26-18)20(22)23/h4-11,13H,12H2,1-3H3,(H,22,23). The second-order valence-corrected chi connectivity index (χ2v) is 8.54. The van der Waals surface area contributed by atoms with Gasteiger partial charge in [0.2, 0.25) is 15.8 Å². The number of benzene rings is 2. The van der Waals surface area contributed by atoms with Gasteiger partial charge in [-0.2, -0.15) is 4.31 Å². The van der Waals surface area contributed by atoms with Crippen LogP contribution in [0.1, 0.15) is 35.5 Å². The highest BCUT2D eigenvalue weighted by Gasteiger charge is 2.28. The lowest BCUT2D eigenvalue weighted by atomic mass is 10.1. The fourth-order valence-corrected chi connectivity index (χ4v) is 4.66. The van der Waals surface area contributed by atoms with Crippen molar-refractivity contribution in [2.75, 3.05) is 0 Å². The highest BCUT2D eigenvalue weighted by Crippen LogP contribution is 2.30. The Morgan fingerprint density at radius 1 is 1.15 bits per heavy atom. The van der Waals surface area contributed by atoms with Crippen LogP contribution in [0.4, 0.5) is 0 Å². The molecule has 0 fully saturated rings. The Morgan fingerprint density at radius 2 is 1.81 bits per heavy atom. The monoisotopic (exact) mass is 387 g/mol. The van der Waals surface area contributed by atoms with E-state index in [0.29, 0.717) is 16.5 Å². The van der Waals surface area contributed by atoms with Crippen molar-refractivity contribution in [2.45, 2.75) is 38.3 Å². The van der Waals surface area contributed by atoms with Crippen molar-refractivity contribution in [1.29, 1.82) is 0 Å². The molecule has 0 aliphatic rings. The third kappa shape index (κ3) is 3.61. The number of hydrogen-bond donors (Lipinski definition) is 1. The molecule has 1 aromatic heterocycles. The first-order chi connectivity index (χ1) is 12.7. The first-order valence-corrected chi connectivity index (χ1v) is 9.98. The Balaban J connectivity index is 2.06. The molecule has 0 bridgehead atoms. The van der Waals surface area contributed by atoms with Gasteiger partial charge < -0.3 is 9.52 Å². The molecule has 7 heteroatoms. The van der Waals surface area contributed by atoms with Crippen LogP contribution in [-0.2, 0) is 16.6 Å². The molecule has 0 atom stereocenters. The maximum absolute atomic E-state index is 13.3. The molecule has 0 saturated heterocycles. The summed E-state index contributed by atoms with van der Waals surface area (Å²) in [6.45, 7) is 5.51. The van der Waals surface area contributed by atoms with Gasteiger partial charge in [0, 0.05) is 23.5 Å². The first-order valence-electron chi connectivity index (χ1n) is 8.54. The number of carbonyl (C=O) groups is 1. The summed E-state index contributed by atoms with van der Waals surface area (Å²) in [5, 5.41) is 9.68. The Kier molecular flexibility index (Phi) is 5.08. The maximum Gasteiger partial charge on any atom is 0.372 e. The van der Waals surface area contributed by atoms with Crippen LogP contribution in [0.2, 0.25) is 0 Å². The molecule has 0 radical (unpaired) electrons. The van der Waals surface area contributed by atoms with Crippen molar-refractivity contribution in [1.82, 2.24) is 4.31 Å². The molecule has 0 aliphatic heterocycles. The SMILES string of the molecule is Cc1c(C(=O)O)oc2ccc(S(=O)(=O)N(Cc3ccccc3)C(C)C)cc12. The molecule has 0 saturated carbocycles. The fourth-order valence-electron chi connectivity index (χ4n) is 3.01. The molecular formula is C20H21NO5S. The van der Waals surface area contributed by atoms with E-state index in [1.807, 2.05) is 44.2 Å². The summed E-state index contributed by atoms with van der Waals surface area (Å²) >= 11 is 0. The van der Waals surface area contributed by atoms with E-state index in [0.717, 1.165) is 5.56 Å². The summed E-state index contributed by atoms with van der Waals surface area (Å²) in [5.74, 6) is -1.36. The molecule has 3 aromatic rings. The van der Waals surface area contributed by atoms with Gasteiger partial charge in [-0.05, 0) is 44.5 Å². The van der Waals surface area contributed by atoms with Crippen molar-refractivity contribution in [3.05, 3.63) is 65.4 Å². The zero-order valence-electron chi connectivity index (χ0n) is 15.3. The van der Waals surface area contributed by atoms with Crippen LogP contribution in [0.3, 0.4) is 0 Å². The van der Waals surface area contributed by atoms with E-state index in [2.05, 4.69) is 0 Å². The van der Waals surface area contributed by atoms with Crippen LogP contribution in [-0.4, -0.2) is 29.8 Å². The summed E-state index contributed by atoms with van der Waals surface area (Å²) in [6, 6.07) is 13.6. The molecule has 2 aromatic carbocycles. The van der Waals surface area contributed by atoms with Crippen molar-refractivity contribution >= 4 is 27.0 Å². The lowest BCUT2D eigenvalue weighted by molar-refractivity contribution is 0.0664. The topological polar surface area (TPSA) is 87.8 Å². The van der Waals surface area contributed by atoms with E-state index >= 15 is 0 Å². The molecule has 3 rings (SSSR count).